The summed E-state index contributed by atoms with van der Waals surface area (Å²) < 4.78 is 5.27. The number of benzene rings is 4. The molecule has 318 valence electrons. The zero-order valence-electron chi connectivity index (χ0n) is 35.7. The molecule has 7 rings (SSSR count). The molecule has 0 aromatic heterocycles. The van der Waals surface area contributed by atoms with Crippen LogP contribution in [0.2, 0.25) is 19.6 Å². The Balaban J connectivity index is 0.000000204. The molecule has 7 nitrogen and oxygen atoms in total. The van der Waals surface area contributed by atoms with Crippen LogP contribution in [0.3, 0.4) is 0 Å². The van der Waals surface area contributed by atoms with Crippen LogP contribution < -0.4 is 0 Å². The average molecular weight is 817 g/mol. The van der Waals surface area contributed by atoms with Gasteiger partial charge in [0.1, 0.15) is 12.6 Å². The fourth-order valence-electron chi connectivity index (χ4n) is 8.64. The van der Waals surface area contributed by atoms with Crippen molar-refractivity contribution in [2.24, 2.45) is 11.3 Å². The van der Waals surface area contributed by atoms with Gasteiger partial charge in [-0.3, -0.25) is 19.5 Å². The van der Waals surface area contributed by atoms with Crippen molar-refractivity contribution < 1.29 is 14.3 Å². The maximum Gasteiger partial charge on any atom is 0.147 e. The lowest BCUT2D eigenvalue weighted by molar-refractivity contribution is -0.120. The van der Waals surface area contributed by atoms with E-state index >= 15 is 0 Å². The predicted octanol–water partition coefficient (Wildman–Crippen LogP) is 8.92. The molecule has 59 heavy (non-hydrogen) atoms. The number of likely N-dealkylation sites (tertiary alicyclic amines) is 2. The van der Waals surface area contributed by atoms with E-state index in [4.69, 9.17) is 4.74 Å². The molecule has 3 heterocycles. The van der Waals surface area contributed by atoms with E-state index in [1.165, 1.54) is 34.7 Å². The molecule has 2 fully saturated rings. The van der Waals surface area contributed by atoms with Gasteiger partial charge in [-0.25, -0.2) is 0 Å². The van der Waals surface area contributed by atoms with Crippen molar-refractivity contribution >= 4 is 20.6 Å². The molecule has 0 spiro atoms. The lowest BCUT2D eigenvalue weighted by Gasteiger charge is -2.40. The van der Waals surface area contributed by atoms with Gasteiger partial charge < -0.3 is 14.4 Å². The largest absolute Gasteiger partial charge is 0.369 e. The molecule has 0 N–H and O–H groups in total. The number of piperidine rings is 1. The first-order valence-electron chi connectivity index (χ1n) is 21.3. The highest BCUT2D eigenvalue weighted by atomic mass is 28.3. The normalized spacial score (nSPS) is 19.5. The van der Waals surface area contributed by atoms with E-state index in [-0.39, 0.29) is 12.8 Å². The third-order valence-corrected chi connectivity index (χ3v) is 12.8. The van der Waals surface area contributed by atoms with Gasteiger partial charge in [0.25, 0.3) is 0 Å². The van der Waals surface area contributed by atoms with Gasteiger partial charge in [0.15, 0.2) is 0 Å². The van der Waals surface area contributed by atoms with Crippen molar-refractivity contribution in [2.45, 2.75) is 65.8 Å². The van der Waals surface area contributed by atoms with Gasteiger partial charge in [0.05, 0.1) is 20.2 Å². The number of aldehydes is 2. The number of nitrogens with zero attached hydrogens (tertiary/aromatic N) is 4. The van der Waals surface area contributed by atoms with Crippen LogP contribution in [0.5, 0.6) is 0 Å². The summed E-state index contributed by atoms with van der Waals surface area (Å²) in [5.74, 6) is 0.511. The molecular weight excluding hydrogens is 745 g/mol. The highest BCUT2D eigenvalue weighted by Gasteiger charge is 2.49. The lowest BCUT2D eigenvalue weighted by Crippen LogP contribution is -2.50. The van der Waals surface area contributed by atoms with Crippen molar-refractivity contribution in [3.8, 4) is 0 Å². The van der Waals surface area contributed by atoms with E-state index in [1.807, 2.05) is 12.1 Å². The Morgan fingerprint density at radius 2 is 1.24 bits per heavy atom. The summed E-state index contributed by atoms with van der Waals surface area (Å²) in [6, 6.07) is 42.4. The number of fused-ring (bicyclic) bond motifs is 1. The minimum Gasteiger partial charge on any atom is -0.369 e. The molecule has 0 aliphatic carbocycles. The number of ether oxygens (including phenoxy) is 1. The minimum absolute atomic E-state index is 0. The fourth-order valence-corrected chi connectivity index (χ4v) is 10.2. The van der Waals surface area contributed by atoms with Crippen LogP contribution in [0.1, 0.15) is 42.5 Å². The van der Waals surface area contributed by atoms with Crippen LogP contribution >= 0.6 is 0 Å². The van der Waals surface area contributed by atoms with Gasteiger partial charge in [0.2, 0.25) is 0 Å². The fraction of sp³-hybridized carbons (Fsp3) is 0.451. The minimum atomic E-state index is -1.07. The lowest BCUT2D eigenvalue weighted by atomic mass is 9.74. The zero-order chi connectivity index (χ0) is 41.1. The van der Waals surface area contributed by atoms with Crippen LogP contribution in [0.15, 0.2) is 133 Å². The number of carbonyl (C=O) groups excluding carboxylic acids is 2. The number of rotatable bonds is 16. The molecule has 4 aromatic carbocycles. The molecule has 0 bridgehead atoms. The van der Waals surface area contributed by atoms with Crippen molar-refractivity contribution in [1.29, 1.82) is 0 Å². The average Bonchev–Trinajstić information content (AvgIpc) is 3.61. The standard InChI is InChI=1S/C23H28N2O.C14H17NO.C13H23NOSi.CH4/c26-19-23-17-24(13-11-20-7-3-1-4-8-20)14-12-22(23)16-25(18-23)15-21-9-5-2-6-10-21;16-12-14-7-4-9-15(11-14)10-8-13-5-2-1-3-6-13;1-15-11-14(12-16(2,3)4)10-13-8-6-5-7-9-13;/h1-10,19,22H,11-18H2;1-3,5-7,12H,4,8-11H2;5-9H,10-12H2,1-4H3;1H4. The summed E-state index contributed by atoms with van der Waals surface area (Å²) in [5.41, 5.74) is 6.20. The molecule has 3 aliphatic rings. The number of methoxy groups -OCH3 is 1. The molecule has 4 aromatic rings. The first-order valence-corrected chi connectivity index (χ1v) is 25.0. The monoisotopic (exact) mass is 817 g/mol. The molecule has 2 unspecified atom stereocenters. The SMILES string of the molecule is C.COCN(Cc1ccccc1)C[Si](C)(C)C.O=CC12CN(CCc3ccccc3)CCC1CN(Cc1ccccc1)C2.O=CC1=CCCN(CCc2ccccc2)C1. The molecule has 3 aliphatic heterocycles. The first kappa shape index (κ1) is 47.7. The van der Waals surface area contributed by atoms with Gasteiger partial charge >= 0.3 is 0 Å². The molecule has 2 atom stereocenters. The third-order valence-electron chi connectivity index (χ3n) is 11.4. The van der Waals surface area contributed by atoms with E-state index in [9.17, 15) is 9.59 Å². The Labute approximate surface area is 358 Å². The third kappa shape index (κ3) is 16.5. The summed E-state index contributed by atoms with van der Waals surface area (Å²) >= 11 is 0. The second-order valence-corrected chi connectivity index (χ2v) is 23.1. The molecule has 8 heteroatoms. The van der Waals surface area contributed by atoms with Crippen LogP contribution in [-0.4, -0.2) is 113 Å². The Morgan fingerprint density at radius 3 is 1.76 bits per heavy atom. The topological polar surface area (TPSA) is 56.3 Å². The van der Waals surface area contributed by atoms with Crippen LogP contribution in [0, 0.1) is 11.3 Å². The van der Waals surface area contributed by atoms with Crippen LogP contribution in [0.25, 0.3) is 0 Å². The van der Waals surface area contributed by atoms with Gasteiger partial charge in [-0.15, -0.1) is 0 Å². The van der Waals surface area contributed by atoms with Gasteiger partial charge in [0, 0.05) is 71.6 Å². The highest BCUT2D eigenvalue weighted by Crippen LogP contribution is 2.41. The summed E-state index contributed by atoms with van der Waals surface area (Å²) in [5, 5.41) is 0. The molecule has 2 saturated heterocycles. The van der Waals surface area contributed by atoms with E-state index < -0.39 is 8.07 Å². The Morgan fingerprint density at radius 1 is 0.712 bits per heavy atom. The molecule has 0 saturated carbocycles. The van der Waals surface area contributed by atoms with Crippen molar-refractivity contribution in [1.82, 2.24) is 19.6 Å². The first-order chi connectivity index (χ1) is 28.2. The molecule has 0 amide bonds. The summed E-state index contributed by atoms with van der Waals surface area (Å²) in [6.45, 7) is 17.8. The quantitative estimate of drug-likeness (QED) is 0.0637. The number of hydrogen-bond acceptors (Lipinski definition) is 7. The van der Waals surface area contributed by atoms with Gasteiger partial charge in [-0.05, 0) is 66.6 Å². The van der Waals surface area contributed by atoms with Gasteiger partial charge in [-0.2, -0.15) is 0 Å². The van der Waals surface area contributed by atoms with E-state index in [0.29, 0.717) is 5.92 Å². The Hall–Kier alpha value is -4.02. The van der Waals surface area contributed by atoms with Crippen LogP contribution in [-0.2, 0) is 40.3 Å². The van der Waals surface area contributed by atoms with Crippen LogP contribution in [0.4, 0.5) is 0 Å². The van der Waals surface area contributed by atoms with Crippen molar-refractivity contribution in [2.75, 3.05) is 72.4 Å². The molecular formula is C51H72N4O3Si. The number of hydrogen-bond donors (Lipinski definition) is 0. The predicted molar refractivity (Wildman–Crippen MR) is 249 cm³/mol. The maximum atomic E-state index is 12.1. The summed E-state index contributed by atoms with van der Waals surface area (Å²) in [6.07, 6.45) is 9.75. The summed E-state index contributed by atoms with van der Waals surface area (Å²) in [4.78, 5) is 32.5. The van der Waals surface area contributed by atoms with E-state index in [2.05, 4.69) is 155 Å². The maximum absolute atomic E-state index is 12.1. The van der Waals surface area contributed by atoms with Gasteiger partial charge in [-0.1, -0.05) is 154 Å². The second-order valence-electron chi connectivity index (χ2n) is 17.7. The Bertz CT molecular complexity index is 1790. The number of carbonyl (C=O) groups is 2. The van der Waals surface area contributed by atoms with E-state index in [0.717, 1.165) is 110 Å². The Kier molecular flexibility index (Phi) is 20.1. The second kappa shape index (κ2) is 24.9. The van der Waals surface area contributed by atoms with Crippen molar-refractivity contribution in [3.05, 3.63) is 155 Å². The van der Waals surface area contributed by atoms with Crippen molar-refractivity contribution in [3.63, 3.8) is 0 Å². The summed E-state index contributed by atoms with van der Waals surface area (Å²) in [7, 11) is 0.701. The smallest absolute Gasteiger partial charge is 0.147 e. The molecule has 0 radical (unpaired) electrons. The highest BCUT2D eigenvalue weighted by molar-refractivity contribution is 6.76. The zero-order valence-corrected chi connectivity index (χ0v) is 36.7. The van der Waals surface area contributed by atoms with E-state index in [1.54, 1.807) is 7.11 Å².